The second-order valence-corrected chi connectivity index (χ2v) is 10.4. The van der Waals surface area contributed by atoms with Gasteiger partial charge in [-0.15, -0.1) is 5.10 Å². The minimum absolute atomic E-state index is 0.0181. The number of morpholine rings is 1. The van der Waals surface area contributed by atoms with Crippen LogP contribution in [0.25, 0.3) is 11.2 Å². The van der Waals surface area contributed by atoms with E-state index in [9.17, 15) is 22.8 Å². The molecule has 216 valence electrons. The fraction of sp³-hybridized carbons (Fsp3) is 0.429. The molecule has 3 aliphatic rings. The van der Waals surface area contributed by atoms with Gasteiger partial charge < -0.3 is 25.2 Å². The molecular weight excluding hydrogens is 539 g/mol. The molecule has 0 bridgehead atoms. The Morgan fingerprint density at radius 3 is 2.71 bits per heavy atom. The quantitative estimate of drug-likeness (QED) is 0.470. The summed E-state index contributed by atoms with van der Waals surface area (Å²) in [6.07, 6.45) is -1.82. The lowest BCUT2D eigenvalue weighted by molar-refractivity contribution is -0.148. The number of hydrogen-bond donors (Lipinski definition) is 2. The van der Waals surface area contributed by atoms with Gasteiger partial charge in [0.15, 0.2) is 5.65 Å². The van der Waals surface area contributed by atoms with Crippen molar-refractivity contribution in [3.05, 3.63) is 59.8 Å². The summed E-state index contributed by atoms with van der Waals surface area (Å²) in [6.45, 7) is 3.18. The Balaban J connectivity index is 1.12. The number of anilines is 2. The molecule has 1 aromatic carbocycles. The smallest absolute Gasteiger partial charge is 0.373 e. The molecule has 0 unspecified atom stereocenters. The zero-order valence-corrected chi connectivity index (χ0v) is 22.2. The van der Waals surface area contributed by atoms with Gasteiger partial charge in [-0.25, -0.2) is 4.52 Å². The highest BCUT2D eigenvalue weighted by Crippen LogP contribution is 2.28. The predicted octanol–water partition coefficient (Wildman–Crippen LogP) is 3.24. The van der Waals surface area contributed by atoms with Gasteiger partial charge in [-0.3, -0.25) is 9.59 Å². The van der Waals surface area contributed by atoms with Crippen LogP contribution in [-0.2, 0) is 9.53 Å². The van der Waals surface area contributed by atoms with E-state index in [0.29, 0.717) is 43.3 Å². The summed E-state index contributed by atoms with van der Waals surface area (Å²) < 4.78 is 44.9. The molecule has 2 aromatic heterocycles. The third-order valence-electron chi connectivity index (χ3n) is 7.73. The van der Waals surface area contributed by atoms with Crippen LogP contribution in [0.5, 0.6) is 0 Å². The molecule has 41 heavy (non-hydrogen) atoms. The van der Waals surface area contributed by atoms with Gasteiger partial charge in [0.05, 0.1) is 25.2 Å². The summed E-state index contributed by atoms with van der Waals surface area (Å²) in [5.41, 5.74) is 3.76. The number of carbonyl (C=O) groups excluding carboxylic acids is 2. The lowest BCUT2D eigenvalue weighted by Gasteiger charge is -2.37. The third-order valence-corrected chi connectivity index (χ3v) is 7.73. The van der Waals surface area contributed by atoms with Gasteiger partial charge in [-0.2, -0.15) is 18.2 Å². The number of amides is 2. The van der Waals surface area contributed by atoms with E-state index in [1.165, 1.54) is 4.90 Å². The van der Waals surface area contributed by atoms with Gasteiger partial charge in [-0.1, -0.05) is 6.08 Å². The third kappa shape index (κ3) is 5.91. The molecule has 13 heteroatoms. The Hall–Kier alpha value is -3.97. The van der Waals surface area contributed by atoms with Gasteiger partial charge in [0.2, 0.25) is 11.9 Å². The average molecular weight is 570 g/mol. The number of benzene rings is 1. The first kappa shape index (κ1) is 27.2. The van der Waals surface area contributed by atoms with Crippen molar-refractivity contribution in [2.24, 2.45) is 0 Å². The Labute approximate surface area is 234 Å². The maximum absolute atomic E-state index is 13.2. The number of alkyl halides is 3. The Kier molecular flexibility index (Phi) is 7.39. The van der Waals surface area contributed by atoms with E-state index in [4.69, 9.17) is 4.74 Å². The first-order valence-electron chi connectivity index (χ1n) is 13.6. The molecule has 5 heterocycles. The maximum atomic E-state index is 13.2. The first-order chi connectivity index (χ1) is 19.7. The lowest BCUT2D eigenvalue weighted by Crippen LogP contribution is -2.53. The molecule has 0 saturated carbocycles. The minimum Gasteiger partial charge on any atom is -0.373 e. The van der Waals surface area contributed by atoms with Crippen LogP contribution in [0.4, 0.5) is 24.8 Å². The largest absolute Gasteiger partial charge is 0.389 e. The number of hydrogen-bond acceptors (Lipinski definition) is 7. The normalized spacial score (nSPS) is 21.1. The fourth-order valence-electron chi connectivity index (χ4n) is 5.59. The summed E-state index contributed by atoms with van der Waals surface area (Å²) >= 11 is 0. The van der Waals surface area contributed by atoms with Crippen LogP contribution in [0, 0.1) is 0 Å². The van der Waals surface area contributed by atoms with Crippen LogP contribution in [0.1, 0.15) is 35.2 Å². The number of fused-ring (bicyclic) bond motifs is 2. The van der Waals surface area contributed by atoms with Gasteiger partial charge in [0.25, 0.3) is 5.91 Å². The summed E-state index contributed by atoms with van der Waals surface area (Å²) in [4.78, 5) is 33.4. The lowest BCUT2D eigenvalue weighted by atomic mass is 10.00. The zero-order chi connectivity index (χ0) is 28.6. The number of nitrogens with zero attached hydrogens (tertiary/aromatic N) is 5. The highest BCUT2D eigenvalue weighted by atomic mass is 19.4. The van der Waals surface area contributed by atoms with Gasteiger partial charge in [0.1, 0.15) is 0 Å². The van der Waals surface area contributed by atoms with E-state index in [2.05, 4.69) is 20.7 Å². The number of carbonyl (C=O) groups is 2. The number of halogens is 3. The van der Waals surface area contributed by atoms with Gasteiger partial charge in [-0.05, 0) is 48.4 Å². The standard InChI is InChI=1S/C28H30F3N7O3/c29-28(30,31)10-7-24(39)36-12-8-18(9-13-36)21-2-1-11-38-25(21)34-27(35-38)33-20-5-3-19(4-6-20)26(40)37-14-15-41-23-17-32-16-22(23)37/h1-6,8,11,22-23,32H,7,9-10,12-17H2,(H,33,35)/t22-,23-/m1/s1. The first-order valence-corrected chi connectivity index (χ1v) is 13.6. The number of pyridine rings is 1. The molecule has 0 radical (unpaired) electrons. The Morgan fingerprint density at radius 1 is 1.12 bits per heavy atom. The minimum atomic E-state index is -4.35. The molecule has 3 aliphatic heterocycles. The van der Waals surface area contributed by atoms with Crippen molar-refractivity contribution in [2.75, 3.05) is 44.6 Å². The van der Waals surface area contributed by atoms with Crippen LogP contribution in [-0.4, -0.2) is 93.9 Å². The number of aromatic nitrogens is 3. The molecule has 10 nitrogen and oxygen atoms in total. The number of rotatable bonds is 6. The molecule has 2 saturated heterocycles. The summed E-state index contributed by atoms with van der Waals surface area (Å²) in [5, 5.41) is 11.0. The predicted molar refractivity (Wildman–Crippen MR) is 145 cm³/mol. The molecule has 3 aromatic rings. The highest BCUT2D eigenvalue weighted by Gasteiger charge is 2.38. The average Bonchev–Trinajstić information content (AvgIpc) is 3.62. The van der Waals surface area contributed by atoms with E-state index < -0.39 is 24.9 Å². The molecule has 6 rings (SSSR count). The van der Waals surface area contributed by atoms with E-state index in [1.54, 1.807) is 22.8 Å². The molecule has 2 amide bonds. The molecule has 2 atom stereocenters. The van der Waals surface area contributed by atoms with Crippen LogP contribution in [0.2, 0.25) is 0 Å². The van der Waals surface area contributed by atoms with Crippen molar-refractivity contribution in [1.29, 1.82) is 0 Å². The highest BCUT2D eigenvalue weighted by molar-refractivity contribution is 5.95. The van der Waals surface area contributed by atoms with Crippen LogP contribution >= 0.6 is 0 Å². The SMILES string of the molecule is O=C(CCC(F)(F)F)N1CC=C(c2cccn3nc(Nc4ccc(C(=O)N5CCO[C@@H]6CNC[C@H]65)cc4)nc23)CC1. The van der Waals surface area contributed by atoms with Crippen molar-refractivity contribution >= 4 is 34.7 Å². The van der Waals surface area contributed by atoms with Gasteiger partial charge in [0, 0.05) is 62.2 Å². The van der Waals surface area contributed by atoms with Crippen molar-refractivity contribution < 1.29 is 27.5 Å². The number of ether oxygens (including phenoxy) is 1. The van der Waals surface area contributed by atoms with Crippen LogP contribution in [0.15, 0.2) is 48.7 Å². The molecule has 0 spiro atoms. The fourth-order valence-corrected chi connectivity index (χ4v) is 5.59. The monoisotopic (exact) mass is 569 g/mol. The van der Waals surface area contributed by atoms with E-state index in [-0.39, 0.29) is 24.6 Å². The van der Waals surface area contributed by atoms with Crippen LogP contribution in [0.3, 0.4) is 0 Å². The number of nitrogens with one attached hydrogen (secondary N) is 2. The van der Waals surface area contributed by atoms with Crippen molar-refractivity contribution in [3.63, 3.8) is 0 Å². The molecule has 0 aliphatic carbocycles. The Bertz CT molecular complexity index is 1470. The van der Waals surface area contributed by atoms with E-state index in [0.717, 1.165) is 29.9 Å². The summed E-state index contributed by atoms with van der Waals surface area (Å²) in [7, 11) is 0. The van der Waals surface area contributed by atoms with Crippen molar-refractivity contribution in [1.82, 2.24) is 29.7 Å². The second-order valence-electron chi connectivity index (χ2n) is 10.4. The maximum Gasteiger partial charge on any atom is 0.389 e. The van der Waals surface area contributed by atoms with Crippen molar-refractivity contribution in [3.8, 4) is 0 Å². The molecule has 2 N–H and O–H groups in total. The van der Waals surface area contributed by atoms with Crippen LogP contribution < -0.4 is 10.6 Å². The van der Waals surface area contributed by atoms with Crippen molar-refractivity contribution in [2.45, 2.75) is 37.6 Å². The summed E-state index contributed by atoms with van der Waals surface area (Å²) in [6, 6.07) is 11.0. The zero-order valence-electron chi connectivity index (χ0n) is 22.2. The molecular formula is C28H30F3N7O3. The summed E-state index contributed by atoms with van der Waals surface area (Å²) in [5.74, 6) is -0.137. The Morgan fingerprint density at radius 2 is 1.95 bits per heavy atom. The van der Waals surface area contributed by atoms with E-state index in [1.807, 2.05) is 35.2 Å². The molecule has 2 fully saturated rings. The van der Waals surface area contributed by atoms with Gasteiger partial charge >= 0.3 is 6.18 Å². The second kappa shape index (κ2) is 11.1. The van der Waals surface area contributed by atoms with E-state index >= 15 is 0 Å². The topological polar surface area (TPSA) is 104 Å².